The molecule has 47 heavy (non-hydrogen) atoms. The molecule has 12 heteroatoms. The Bertz CT molecular complexity index is 2090. The topological polar surface area (TPSA) is 155 Å². The average Bonchev–Trinajstić information content (AvgIpc) is 3.06. The highest BCUT2D eigenvalue weighted by Gasteiger charge is 2.21. The Hall–Kier alpha value is -5.49. The van der Waals surface area contributed by atoms with E-state index >= 15 is 0 Å². The van der Waals surface area contributed by atoms with Crippen molar-refractivity contribution in [1.82, 2.24) is 24.5 Å². The number of pyridine rings is 1. The maximum Gasteiger partial charge on any atom is 0.266 e. The van der Waals surface area contributed by atoms with Crippen molar-refractivity contribution in [2.24, 2.45) is 0 Å². The van der Waals surface area contributed by atoms with Crippen LogP contribution in [0.2, 0.25) is 0 Å². The van der Waals surface area contributed by atoms with Crippen LogP contribution in [0.3, 0.4) is 0 Å². The van der Waals surface area contributed by atoms with Gasteiger partial charge in [0.1, 0.15) is 11.6 Å². The maximum absolute atomic E-state index is 13.9. The number of rotatable bonds is 7. The molecule has 0 amide bonds. The average molecular weight is 652 g/mol. The van der Waals surface area contributed by atoms with Gasteiger partial charge in [-0.15, -0.1) is 0 Å². The first-order valence-electron chi connectivity index (χ1n) is 14.7. The Morgan fingerprint density at radius 2 is 1.68 bits per heavy atom. The van der Waals surface area contributed by atoms with Crippen molar-refractivity contribution in [1.29, 1.82) is 0 Å². The number of nitrogens with two attached hydrogens (primary N) is 2. The molecule has 0 spiro atoms. The second kappa shape index (κ2) is 14.3. The van der Waals surface area contributed by atoms with Crippen LogP contribution < -0.4 is 21.8 Å². The molecule has 2 atom stereocenters. The van der Waals surface area contributed by atoms with Crippen molar-refractivity contribution >= 4 is 35.3 Å². The molecule has 240 valence electrons. The first-order valence-corrected chi connectivity index (χ1v) is 15.3. The zero-order chi connectivity index (χ0) is 33.7. The Labute approximate surface area is 276 Å². The number of nitrogen functional groups attached to an aromatic ring is 2. The fourth-order valence-electron chi connectivity index (χ4n) is 5.26. The molecule has 0 fully saturated rings. The zero-order valence-electron chi connectivity index (χ0n) is 26.0. The lowest BCUT2D eigenvalue weighted by molar-refractivity contribution is 0.398. The summed E-state index contributed by atoms with van der Waals surface area (Å²) in [6.45, 7) is 4.15. The lowest BCUT2D eigenvalue weighted by atomic mass is 10.0. The molecule has 3 aromatic carbocycles. The molecule has 3 heterocycles. The molecule has 0 aliphatic carbocycles. The van der Waals surface area contributed by atoms with Crippen LogP contribution in [-0.2, 0) is 0 Å². The van der Waals surface area contributed by atoms with Gasteiger partial charge in [0.2, 0.25) is 11.8 Å². The number of nitrogens with zero attached hydrogens (tertiary/aromatic N) is 5. The van der Waals surface area contributed by atoms with E-state index < -0.39 is 11.6 Å². The summed E-state index contributed by atoms with van der Waals surface area (Å²) in [7, 11) is 1.58. The summed E-state index contributed by atoms with van der Waals surface area (Å²) in [5.74, 6) is 0.404. The predicted octanol–water partition coefficient (Wildman–Crippen LogP) is 6.42. The number of fused-ring (bicyclic) bond motifs is 1. The van der Waals surface area contributed by atoms with Crippen LogP contribution in [-0.4, -0.2) is 42.0 Å². The minimum atomic E-state index is -0.696. The highest BCUT2D eigenvalue weighted by molar-refractivity contribution is 7.80. The van der Waals surface area contributed by atoms with E-state index in [2.05, 4.69) is 41.4 Å². The molecule has 0 aliphatic heterocycles. The van der Waals surface area contributed by atoms with Crippen molar-refractivity contribution in [3.05, 3.63) is 113 Å². The van der Waals surface area contributed by atoms with Crippen LogP contribution in [0, 0.1) is 5.82 Å². The number of ether oxygens (including phenoxy) is 1. The quantitative estimate of drug-likeness (QED) is 0.143. The Morgan fingerprint density at radius 1 is 0.936 bits per heavy atom. The summed E-state index contributed by atoms with van der Waals surface area (Å²) in [6, 6.07) is 23.0. The lowest BCUT2D eigenvalue weighted by Gasteiger charge is -2.20. The Kier molecular flexibility index (Phi) is 10.0. The molecule has 0 bridgehead atoms. The molecule has 6 rings (SSSR count). The van der Waals surface area contributed by atoms with Crippen LogP contribution in [0.25, 0.3) is 38.8 Å². The number of thiol groups is 1. The number of phenolic OH excluding ortho intramolecular Hbond substituents is 1. The third-order valence-electron chi connectivity index (χ3n) is 7.42. The molecule has 2 unspecified atom stereocenters. The third-order valence-corrected chi connectivity index (χ3v) is 7.63. The smallest absolute Gasteiger partial charge is 0.266 e. The number of para-hydroxylation sites is 1. The van der Waals surface area contributed by atoms with Gasteiger partial charge in [-0.1, -0.05) is 50.2 Å². The number of halogens is 1. The second-order valence-corrected chi connectivity index (χ2v) is 11.8. The van der Waals surface area contributed by atoms with Gasteiger partial charge in [-0.3, -0.25) is 9.36 Å². The van der Waals surface area contributed by atoms with E-state index in [1.165, 1.54) is 18.3 Å². The van der Waals surface area contributed by atoms with Crippen LogP contribution >= 0.6 is 12.6 Å². The van der Waals surface area contributed by atoms with E-state index in [1.807, 2.05) is 60.7 Å². The van der Waals surface area contributed by atoms with E-state index in [1.54, 1.807) is 17.9 Å². The van der Waals surface area contributed by atoms with Crippen molar-refractivity contribution < 1.29 is 14.2 Å². The Morgan fingerprint density at radius 3 is 2.36 bits per heavy atom. The number of aromatic nitrogens is 5. The number of methoxy groups -OCH3 is 1. The van der Waals surface area contributed by atoms with E-state index in [-0.39, 0.29) is 28.5 Å². The number of benzene rings is 3. The van der Waals surface area contributed by atoms with Gasteiger partial charge in [-0.05, 0) is 64.8 Å². The minimum absolute atomic E-state index is 0.0626. The highest BCUT2D eigenvalue weighted by Crippen LogP contribution is 2.31. The molecule has 5 N–H and O–H groups in total. The number of phenols is 1. The first kappa shape index (κ1) is 32.9. The van der Waals surface area contributed by atoms with E-state index in [0.29, 0.717) is 27.9 Å². The first-order chi connectivity index (χ1) is 22.6. The predicted molar refractivity (Wildman–Crippen MR) is 187 cm³/mol. The van der Waals surface area contributed by atoms with E-state index in [0.717, 1.165) is 35.1 Å². The molecule has 0 radical (unpaired) electrons. The van der Waals surface area contributed by atoms with Crippen molar-refractivity contribution in [2.45, 2.75) is 31.4 Å². The number of hydrogen-bond donors (Lipinski definition) is 4. The van der Waals surface area contributed by atoms with Crippen LogP contribution in [0.5, 0.6) is 11.6 Å². The van der Waals surface area contributed by atoms with Gasteiger partial charge >= 0.3 is 0 Å². The number of aromatic hydroxyl groups is 1. The Balaban J connectivity index is 0.000000227. The van der Waals surface area contributed by atoms with Gasteiger partial charge in [-0.2, -0.15) is 17.6 Å². The maximum atomic E-state index is 13.9. The summed E-state index contributed by atoms with van der Waals surface area (Å²) >= 11 is 4.56. The minimum Gasteiger partial charge on any atom is -0.505 e. The summed E-state index contributed by atoms with van der Waals surface area (Å²) in [5.41, 5.74) is 15.1. The molecule has 10 nitrogen and oxygen atoms in total. The molecule has 0 aliphatic rings. The monoisotopic (exact) mass is 651 g/mol. The number of anilines is 2. The lowest BCUT2D eigenvalue weighted by Crippen LogP contribution is -2.26. The third kappa shape index (κ3) is 7.33. The van der Waals surface area contributed by atoms with E-state index in [9.17, 15) is 14.3 Å². The molecule has 0 saturated heterocycles. The molecule has 0 saturated carbocycles. The molecule has 6 aromatic rings. The highest BCUT2D eigenvalue weighted by atomic mass is 32.1. The summed E-state index contributed by atoms with van der Waals surface area (Å²) in [6.07, 6.45) is 3.92. The van der Waals surface area contributed by atoms with Gasteiger partial charge < -0.3 is 21.3 Å². The van der Waals surface area contributed by atoms with E-state index in [4.69, 9.17) is 21.2 Å². The van der Waals surface area contributed by atoms with Crippen LogP contribution in [0.15, 0.2) is 96.1 Å². The normalized spacial score (nSPS) is 12.2. The molecular formula is C35H34FN7O3S. The second-order valence-electron chi connectivity index (χ2n) is 10.9. The SMILES string of the molecule is COc1cc(-c2cccc3nc(C(C)CC(C)S)n(-c4ccccc4)c(=O)c23)ccn1.Nc1ncc(-c2ccc(F)c(O)c2)c(N)n1. The summed E-state index contributed by atoms with van der Waals surface area (Å²) in [5, 5.41) is 10.0. The zero-order valence-corrected chi connectivity index (χ0v) is 26.9. The van der Waals surface area contributed by atoms with Gasteiger partial charge in [0.15, 0.2) is 11.6 Å². The van der Waals surface area contributed by atoms with Gasteiger partial charge in [0.25, 0.3) is 5.56 Å². The van der Waals surface area contributed by atoms with Crippen LogP contribution in [0.4, 0.5) is 16.2 Å². The molecule has 3 aromatic heterocycles. The fraction of sp³-hybridized carbons (Fsp3) is 0.171. The standard InChI is InChI=1S/C25H25N3O2S.C10H9FN4O/c1-16(14-17(2)31)24-27-21-11-7-10-20(18-12-13-26-22(15-18)30-3)23(21)25(29)28(24)19-8-5-4-6-9-19;11-7-2-1-5(3-8(7)16)6-4-14-10(13)15-9(6)12/h4-13,15-17,31H,14H2,1-3H3;1-4,16H,(H4,12,13,14,15). The van der Waals surface area contributed by atoms with Crippen molar-refractivity contribution in [2.75, 3.05) is 18.6 Å². The number of hydrogen-bond acceptors (Lipinski definition) is 10. The van der Waals surface area contributed by atoms with Crippen LogP contribution in [0.1, 0.15) is 32.0 Å². The molecular weight excluding hydrogens is 617 g/mol. The largest absolute Gasteiger partial charge is 0.505 e. The van der Waals surface area contributed by atoms with Gasteiger partial charge in [-0.25, -0.2) is 19.3 Å². The summed E-state index contributed by atoms with van der Waals surface area (Å²) < 4.78 is 19.9. The summed E-state index contributed by atoms with van der Waals surface area (Å²) in [4.78, 5) is 30.7. The van der Waals surface area contributed by atoms with Crippen molar-refractivity contribution in [3.63, 3.8) is 0 Å². The van der Waals surface area contributed by atoms with Crippen molar-refractivity contribution in [3.8, 4) is 39.6 Å². The fourth-order valence-corrected chi connectivity index (χ4v) is 5.58. The van der Waals surface area contributed by atoms with Gasteiger partial charge in [0, 0.05) is 29.9 Å². The van der Waals surface area contributed by atoms with Gasteiger partial charge in [0.05, 0.1) is 23.7 Å².